The molecule has 0 aliphatic heterocycles. The Hall–Kier alpha value is -1.35. The number of benzene rings is 1. The Morgan fingerprint density at radius 3 is 2.94 bits per heavy atom. The van der Waals surface area contributed by atoms with Crippen molar-refractivity contribution in [1.82, 2.24) is 15.1 Å². The van der Waals surface area contributed by atoms with Crippen LogP contribution in [0.2, 0.25) is 0 Å². The summed E-state index contributed by atoms with van der Waals surface area (Å²) < 4.78 is 2.09. The van der Waals surface area contributed by atoms with Gasteiger partial charge in [0, 0.05) is 18.0 Å². The standard InChI is InChI=1S/C14H19N3/c1-4-8-14-12(5-1)11-16-17(14)10-9-15-13-6-2-3-7-13/h1,4-5,8,11,13,15H,2-3,6-7,9-10H2. The number of nitrogens with zero attached hydrogens (tertiary/aromatic N) is 2. The third-order valence-electron chi connectivity index (χ3n) is 3.66. The number of hydrogen-bond acceptors (Lipinski definition) is 2. The average molecular weight is 229 g/mol. The van der Waals surface area contributed by atoms with Gasteiger partial charge in [-0.25, -0.2) is 0 Å². The minimum Gasteiger partial charge on any atom is -0.312 e. The Morgan fingerprint density at radius 2 is 2.06 bits per heavy atom. The lowest BCUT2D eigenvalue weighted by Gasteiger charge is -2.11. The van der Waals surface area contributed by atoms with E-state index in [4.69, 9.17) is 0 Å². The molecule has 1 aliphatic rings. The van der Waals surface area contributed by atoms with Gasteiger partial charge < -0.3 is 5.32 Å². The van der Waals surface area contributed by atoms with E-state index in [0.29, 0.717) is 0 Å². The molecule has 2 aromatic rings. The molecular weight excluding hydrogens is 210 g/mol. The fourth-order valence-corrected chi connectivity index (χ4v) is 2.71. The number of aromatic nitrogens is 2. The lowest BCUT2D eigenvalue weighted by Crippen LogP contribution is -2.29. The van der Waals surface area contributed by atoms with Crippen LogP contribution in [0, 0.1) is 0 Å². The first-order valence-corrected chi connectivity index (χ1v) is 6.57. The van der Waals surface area contributed by atoms with Crippen LogP contribution in [-0.4, -0.2) is 22.4 Å². The molecule has 0 atom stereocenters. The molecule has 0 amide bonds. The molecule has 90 valence electrons. The van der Waals surface area contributed by atoms with Crippen LogP contribution < -0.4 is 5.32 Å². The van der Waals surface area contributed by atoms with Gasteiger partial charge in [-0.3, -0.25) is 4.68 Å². The lowest BCUT2D eigenvalue weighted by molar-refractivity contribution is 0.486. The first-order valence-electron chi connectivity index (χ1n) is 6.57. The number of hydrogen-bond donors (Lipinski definition) is 1. The maximum atomic E-state index is 4.44. The molecule has 1 fully saturated rings. The van der Waals surface area contributed by atoms with Gasteiger partial charge in [0.25, 0.3) is 0 Å². The van der Waals surface area contributed by atoms with Gasteiger partial charge in [0.15, 0.2) is 0 Å². The van der Waals surface area contributed by atoms with E-state index >= 15 is 0 Å². The van der Waals surface area contributed by atoms with Crippen LogP contribution in [0.25, 0.3) is 10.9 Å². The van der Waals surface area contributed by atoms with Gasteiger partial charge in [-0.1, -0.05) is 31.0 Å². The Morgan fingerprint density at radius 1 is 1.24 bits per heavy atom. The van der Waals surface area contributed by atoms with Gasteiger partial charge in [0.2, 0.25) is 0 Å². The summed E-state index contributed by atoms with van der Waals surface area (Å²) >= 11 is 0. The van der Waals surface area contributed by atoms with Crippen molar-refractivity contribution < 1.29 is 0 Å². The molecule has 1 aliphatic carbocycles. The SMILES string of the molecule is c1ccc2c(c1)cnn2CCNC1CCCC1. The third kappa shape index (κ3) is 2.34. The summed E-state index contributed by atoms with van der Waals surface area (Å²) in [5.74, 6) is 0. The van der Waals surface area contributed by atoms with E-state index in [-0.39, 0.29) is 0 Å². The summed E-state index contributed by atoms with van der Waals surface area (Å²) in [5, 5.41) is 9.29. The van der Waals surface area contributed by atoms with Gasteiger partial charge in [-0.05, 0) is 18.9 Å². The summed E-state index contributed by atoms with van der Waals surface area (Å²) in [6.45, 7) is 1.99. The lowest BCUT2D eigenvalue weighted by atomic mass is 10.2. The van der Waals surface area contributed by atoms with Crippen LogP contribution in [0.15, 0.2) is 30.5 Å². The van der Waals surface area contributed by atoms with Crippen molar-refractivity contribution in [1.29, 1.82) is 0 Å². The summed E-state index contributed by atoms with van der Waals surface area (Å²) in [7, 11) is 0. The highest BCUT2D eigenvalue weighted by Crippen LogP contribution is 2.17. The normalized spacial score (nSPS) is 16.9. The van der Waals surface area contributed by atoms with Gasteiger partial charge in [0.05, 0.1) is 18.3 Å². The molecule has 3 heteroatoms. The first kappa shape index (κ1) is 10.8. The van der Waals surface area contributed by atoms with Crippen molar-refractivity contribution >= 4 is 10.9 Å². The van der Waals surface area contributed by atoms with E-state index in [1.165, 1.54) is 36.6 Å². The zero-order chi connectivity index (χ0) is 11.5. The van der Waals surface area contributed by atoms with Gasteiger partial charge in [0.1, 0.15) is 0 Å². The molecule has 3 rings (SSSR count). The molecule has 1 aromatic carbocycles. The van der Waals surface area contributed by atoms with Crippen molar-refractivity contribution in [2.45, 2.75) is 38.3 Å². The molecule has 0 radical (unpaired) electrons. The fourth-order valence-electron chi connectivity index (χ4n) is 2.71. The average Bonchev–Trinajstić information content (AvgIpc) is 2.99. The Bertz CT molecular complexity index is 483. The zero-order valence-corrected chi connectivity index (χ0v) is 10.1. The van der Waals surface area contributed by atoms with Crippen molar-refractivity contribution in [2.24, 2.45) is 0 Å². The highest BCUT2D eigenvalue weighted by atomic mass is 15.3. The van der Waals surface area contributed by atoms with Crippen molar-refractivity contribution in [3.05, 3.63) is 30.5 Å². The molecule has 1 N–H and O–H groups in total. The molecule has 0 spiro atoms. The highest BCUT2D eigenvalue weighted by molar-refractivity contribution is 5.78. The third-order valence-corrected chi connectivity index (χ3v) is 3.66. The molecule has 3 nitrogen and oxygen atoms in total. The van der Waals surface area contributed by atoms with E-state index in [1.54, 1.807) is 0 Å². The number of para-hydroxylation sites is 1. The Kier molecular flexibility index (Phi) is 3.10. The Balaban J connectivity index is 1.60. The van der Waals surface area contributed by atoms with Gasteiger partial charge in [-0.2, -0.15) is 5.10 Å². The fraction of sp³-hybridized carbons (Fsp3) is 0.500. The molecule has 0 bridgehead atoms. The summed E-state index contributed by atoms with van der Waals surface area (Å²) in [6, 6.07) is 9.13. The van der Waals surface area contributed by atoms with E-state index in [0.717, 1.165) is 19.1 Å². The summed E-state index contributed by atoms with van der Waals surface area (Å²) in [6.07, 6.45) is 7.43. The van der Waals surface area contributed by atoms with Crippen molar-refractivity contribution in [3.8, 4) is 0 Å². The minimum atomic E-state index is 0.747. The molecule has 17 heavy (non-hydrogen) atoms. The first-order chi connectivity index (χ1) is 8.43. The number of fused-ring (bicyclic) bond motifs is 1. The number of rotatable bonds is 4. The van der Waals surface area contributed by atoms with Crippen LogP contribution in [0.1, 0.15) is 25.7 Å². The van der Waals surface area contributed by atoms with Gasteiger partial charge >= 0.3 is 0 Å². The molecule has 0 unspecified atom stereocenters. The largest absolute Gasteiger partial charge is 0.312 e. The second kappa shape index (κ2) is 4.88. The maximum Gasteiger partial charge on any atom is 0.0682 e. The van der Waals surface area contributed by atoms with E-state index in [2.05, 4.69) is 39.4 Å². The topological polar surface area (TPSA) is 29.9 Å². The molecule has 1 aromatic heterocycles. The van der Waals surface area contributed by atoms with Crippen molar-refractivity contribution in [3.63, 3.8) is 0 Å². The van der Waals surface area contributed by atoms with Crippen LogP contribution in [-0.2, 0) is 6.54 Å². The van der Waals surface area contributed by atoms with E-state index < -0.39 is 0 Å². The number of nitrogens with one attached hydrogen (secondary N) is 1. The molecule has 0 saturated heterocycles. The quantitative estimate of drug-likeness (QED) is 0.873. The Labute approximate surface area is 102 Å². The summed E-state index contributed by atoms with van der Waals surface area (Å²) in [5.41, 5.74) is 1.24. The summed E-state index contributed by atoms with van der Waals surface area (Å²) in [4.78, 5) is 0. The van der Waals surface area contributed by atoms with Crippen LogP contribution >= 0.6 is 0 Å². The minimum absolute atomic E-state index is 0.747. The van der Waals surface area contributed by atoms with Gasteiger partial charge in [-0.15, -0.1) is 0 Å². The second-order valence-corrected chi connectivity index (χ2v) is 4.86. The molecule has 1 heterocycles. The molecule has 1 saturated carbocycles. The predicted molar refractivity (Wildman–Crippen MR) is 70.0 cm³/mol. The van der Waals surface area contributed by atoms with Crippen LogP contribution in [0.5, 0.6) is 0 Å². The highest BCUT2D eigenvalue weighted by Gasteiger charge is 2.13. The molecular formula is C14H19N3. The van der Waals surface area contributed by atoms with Crippen LogP contribution in [0.4, 0.5) is 0 Å². The zero-order valence-electron chi connectivity index (χ0n) is 10.1. The van der Waals surface area contributed by atoms with E-state index in [1.807, 2.05) is 6.20 Å². The second-order valence-electron chi connectivity index (χ2n) is 4.86. The van der Waals surface area contributed by atoms with Crippen LogP contribution in [0.3, 0.4) is 0 Å². The smallest absolute Gasteiger partial charge is 0.0682 e. The van der Waals surface area contributed by atoms with E-state index in [9.17, 15) is 0 Å². The monoisotopic (exact) mass is 229 g/mol. The van der Waals surface area contributed by atoms with Crippen molar-refractivity contribution in [2.75, 3.05) is 6.54 Å². The maximum absolute atomic E-state index is 4.44. The predicted octanol–water partition coefficient (Wildman–Crippen LogP) is 2.57.